The fourth-order valence-electron chi connectivity index (χ4n) is 2.08. The molecular formula is C14H11N3O3. The van der Waals surface area contributed by atoms with Crippen LogP contribution in [0, 0.1) is 10.1 Å². The maximum Gasteiger partial charge on any atom is 0.280 e. The molecule has 3 rings (SSSR count). The highest BCUT2D eigenvalue weighted by atomic mass is 16.6. The van der Waals surface area contributed by atoms with Gasteiger partial charge in [-0.15, -0.1) is 0 Å². The van der Waals surface area contributed by atoms with Crippen LogP contribution < -0.4 is 4.74 Å². The zero-order valence-electron chi connectivity index (χ0n) is 10.7. The second-order valence-corrected chi connectivity index (χ2v) is 4.24. The van der Waals surface area contributed by atoms with Crippen LogP contribution >= 0.6 is 0 Å². The van der Waals surface area contributed by atoms with Crippen LogP contribution in [0.3, 0.4) is 0 Å². The summed E-state index contributed by atoms with van der Waals surface area (Å²) in [6.07, 6.45) is 0. The smallest absolute Gasteiger partial charge is 0.280 e. The molecule has 0 bridgehead atoms. The number of para-hydroxylation sites is 1. The van der Waals surface area contributed by atoms with Gasteiger partial charge < -0.3 is 9.72 Å². The number of hydrogen-bond donors (Lipinski definition) is 1. The summed E-state index contributed by atoms with van der Waals surface area (Å²) < 4.78 is 5.14. The van der Waals surface area contributed by atoms with Gasteiger partial charge in [0.15, 0.2) is 0 Å². The molecule has 0 aliphatic rings. The Labute approximate surface area is 114 Å². The van der Waals surface area contributed by atoms with E-state index in [4.69, 9.17) is 4.74 Å². The molecule has 0 saturated heterocycles. The molecule has 1 aromatic heterocycles. The highest BCUT2D eigenvalue weighted by Crippen LogP contribution is 2.29. The van der Waals surface area contributed by atoms with Crippen LogP contribution in [0.4, 0.5) is 5.69 Å². The predicted octanol–water partition coefficient (Wildman–Crippen LogP) is 3.15. The van der Waals surface area contributed by atoms with Gasteiger partial charge in [0, 0.05) is 12.1 Å². The molecule has 0 radical (unpaired) electrons. The van der Waals surface area contributed by atoms with Crippen molar-refractivity contribution in [2.24, 2.45) is 0 Å². The fourth-order valence-corrected chi connectivity index (χ4v) is 2.08. The van der Waals surface area contributed by atoms with Crippen molar-refractivity contribution in [3.05, 3.63) is 52.6 Å². The van der Waals surface area contributed by atoms with Crippen molar-refractivity contribution in [1.29, 1.82) is 0 Å². The van der Waals surface area contributed by atoms with Gasteiger partial charge in [-0.3, -0.25) is 10.1 Å². The van der Waals surface area contributed by atoms with E-state index in [0.717, 1.165) is 11.0 Å². The van der Waals surface area contributed by atoms with Crippen molar-refractivity contribution < 1.29 is 9.66 Å². The largest absolute Gasteiger partial charge is 0.497 e. The molecule has 0 unspecified atom stereocenters. The van der Waals surface area contributed by atoms with Crippen LogP contribution in [0.5, 0.6) is 5.75 Å². The number of imidazole rings is 1. The Balaban J connectivity index is 2.18. The molecule has 3 aromatic rings. The minimum Gasteiger partial charge on any atom is -0.497 e. The van der Waals surface area contributed by atoms with Gasteiger partial charge in [0.05, 0.1) is 28.6 Å². The van der Waals surface area contributed by atoms with Crippen LogP contribution in [-0.2, 0) is 0 Å². The molecule has 0 amide bonds. The molecule has 20 heavy (non-hydrogen) atoms. The number of methoxy groups -OCH3 is 1. The Kier molecular flexibility index (Phi) is 2.83. The Morgan fingerprint density at radius 3 is 2.80 bits per heavy atom. The first kappa shape index (κ1) is 12.2. The third-order valence-electron chi connectivity index (χ3n) is 3.04. The second kappa shape index (κ2) is 4.65. The number of H-pyrrole nitrogens is 1. The molecular weight excluding hydrogens is 258 g/mol. The number of ether oxygens (including phenoxy) is 1. The average Bonchev–Trinajstić information content (AvgIpc) is 2.89. The van der Waals surface area contributed by atoms with Gasteiger partial charge in [0.2, 0.25) is 0 Å². The summed E-state index contributed by atoms with van der Waals surface area (Å²) in [5, 5.41) is 11.1. The van der Waals surface area contributed by atoms with Crippen molar-refractivity contribution in [2.45, 2.75) is 0 Å². The van der Waals surface area contributed by atoms with Crippen LogP contribution in [0.2, 0.25) is 0 Å². The normalized spacial score (nSPS) is 10.7. The third kappa shape index (κ3) is 1.97. The maximum absolute atomic E-state index is 11.1. The molecule has 1 heterocycles. The van der Waals surface area contributed by atoms with Gasteiger partial charge in [-0.1, -0.05) is 12.1 Å². The highest BCUT2D eigenvalue weighted by Gasteiger charge is 2.17. The van der Waals surface area contributed by atoms with E-state index in [9.17, 15) is 10.1 Å². The van der Waals surface area contributed by atoms with E-state index in [1.165, 1.54) is 6.07 Å². The van der Waals surface area contributed by atoms with E-state index in [2.05, 4.69) is 9.97 Å². The Hall–Kier alpha value is -2.89. The van der Waals surface area contributed by atoms with Crippen LogP contribution in [-0.4, -0.2) is 22.0 Å². The first-order valence-electron chi connectivity index (χ1n) is 5.96. The molecule has 6 heteroatoms. The van der Waals surface area contributed by atoms with E-state index in [1.807, 2.05) is 6.07 Å². The zero-order valence-corrected chi connectivity index (χ0v) is 10.7. The van der Waals surface area contributed by atoms with E-state index in [1.54, 1.807) is 37.4 Å². The van der Waals surface area contributed by atoms with Gasteiger partial charge in [0.25, 0.3) is 5.69 Å². The molecule has 100 valence electrons. The van der Waals surface area contributed by atoms with Crippen molar-refractivity contribution in [2.75, 3.05) is 7.11 Å². The summed E-state index contributed by atoms with van der Waals surface area (Å²) in [7, 11) is 1.58. The first-order valence-corrected chi connectivity index (χ1v) is 5.96. The monoisotopic (exact) mass is 269 g/mol. The number of nitrogens with one attached hydrogen (secondary N) is 1. The summed E-state index contributed by atoms with van der Waals surface area (Å²) in [4.78, 5) is 18.1. The molecule has 0 aliphatic carbocycles. The quantitative estimate of drug-likeness (QED) is 0.585. The lowest BCUT2D eigenvalue weighted by molar-refractivity contribution is -0.384. The van der Waals surface area contributed by atoms with Gasteiger partial charge >= 0.3 is 0 Å². The predicted molar refractivity (Wildman–Crippen MR) is 74.7 cm³/mol. The summed E-state index contributed by atoms with van der Waals surface area (Å²) in [6.45, 7) is 0. The number of fused-ring (bicyclic) bond motifs is 1. The highest BCUT2D eigenvalue weighted by molar-refractivity contribution is 5.82. The molecule has 0 saturated carbocycles. The lowest BCUT2D eigenvalue weighted by atomic mass is 10.2. The molecule has 2 aromatic carbocycles. The van der Waals surface area contributed by atoms with Crippen molar-refractivity contribution in [1.82, 2.24) is 9.97 Å². The van der Waals surface area contributed by atoms with E-state index >= 15 is 0 Å². The Morgan fingerprint density at radius 1 is 1.25 bits per heavy atom. The molecule has 1 N–H and O–H groups in total. The van der Waals surface area contributed by atoms with E-state index < -0.39 is 4.92 Å². The number of nitro groups is 1. The molecule has 0 fully saturated rings. The standard InChI is InChI=1S/C14H11N3O3/c1-20-9-6-7-11-12(8-9)16-14(15-11)10-4-2-3-5-13(10)17(18)19/h2-8H,1H3,(H,15,16). The first-order chi connectivity index (χ1) is 9.69. The Bertz CT molecular complexity index is 795. The number of rotatable bonds is 3. The van der Waals surface area contributed by atoms with Gasteiger partial charge in [-0.25, -0.2) is 4.98 Å². The second-order valence-electron chi connectivity index (χ2n) is 4.24. The average molecular weight is 269 g/mol. The minimum atomic E-state index is -0.414. The molecule has 6 nitrogen and oxygen atoms in total. The van der Waals surface area contributed by atoms with Crippen LogP contribution in [0.25, 0.3) is 22.4 Å². The Morgan fingerprint density at radius 2 is 2.05 bits per heavy atom. The maximum atomic E-state index is 11.1. The van der Waals surface area contributed by atoms with Gasteiger partial charge in [-0.2, -0.15) is 0 Å². The number of aromatic amines is 1. The zero-order chi connectivity index (χ0) is 14.1. The van der Waals surface area contributed by atoms with Crippen molar-refractivity contribution in [3.8, 4) is 17.1 Å². The topological polar surface area (TPSA) is 81.1 Å². The van der Waals surface area contributed by atoms with Crippen LogP contribution in [0.15, 0.2) is 42.5 Å². The lowest BCUT2D eigenvalue weighted by Crippen LogP contribution is -1.92. The number of aromatic nitrogens is 2. The summed E-state index contributed by atoms with van der Waals surface area (Å²) in [6, 6.07) is 11.9. The van der Waals surface area contributed by atoms with Crippen molar-refractivity contribution in [3.63, 3.8) is 0 Å². The number of nitro benzene ring substituents is 1. The summed E-state index contributed by atoms with van der Waals surface area (Å²) in [5.41, 5.74) is 2.00. The van der Waals surface area contributed by atoms with Gasteiger partial charge in [0.1, 0.15) is 11.6 Å². The lowest BCUT2D eigenvalue weighted by Gasteiger charge is -1.98. The molecule has 0 atom stereocenters. The molecule has 0 spiro atoms. The number of hydrogen-bond acceptors (Lipinski definition) is 4. The van der Waals surface area contributed by atoms with Crippen LogP contribution in [0.1, 0.15) is 0 Å². The summed E-state index contributed by atoms with van der Waals surface area (Å²) in [5.74, 6) is 1.18. The SMILES string of the molecule is COc1ccc2nc(-c3ccccc3[N+](=O)[O-])[nH]c2c1. The van der Waals surface area contributed by atoms with E-state index in [0.29, 0.717) is 17.1 Å². The van der Waals surface area contributed by atoms with E-state index in [-0.39, 0.29) is 5.69 Å². The molecule has 0 aliphatic heterocycles. The minimum absolute atomic E-state index is 0.0264. The fraction of sp³-hybridized carbons (Fsp3) is 0.0714. The van der Waals surface area contributed by atoms with Gasteiger partial charge in [-0.05, 0) is 18.2 Å². The summed E-state index contributed by atoms with van der Waals surface area (Å²) >= 11 is 0. The number of nitrogens with zero attached hydrogens (tertiary/aromatic N) is 2. The number of benzene rings is 2. The third-order valence-corrected chi connectivity index (χ3v) is 3.04. The van der Waals surface area contributed by atoms with Crippen molar-refractivity contribution >= 4 is 16.7 Å².